The summed E-state index contributed by atoms with van der Waals surface area (Å²) in [6, 6.07) is 22.6. The maximum absolute atomic E-state index is 13.2. The fraction of sp³-hybridized carbons (Fsp3) is 0.160. The highest BCUT2D eigenvalue weighted by molar-refractivity contribution is 7.99. The zero-order valence-corrected chi connectivity index (χ0v) is 20.3. The molecule has 4 rings (SSSR count). The quantitative estimate of drug-likeness (QED) is 0.268. The highest BCUT2D eigenvalue weighted by Gasteiger charge is 2.33. The number of aromatic nitrogens is 3. The molecule has 3 aromatic carbocycles. The summed E-state index contributed by atoms with van der Waals surface area (Å²) in [7, 11) is 0. The zero-order chi connectivity index (χ0) is 24.8. The lowest BCUT2D eigenvalue weighted by Gasteiger charge is -2.14. The predicted molar refractivity (Wildman–Crippen MR) is 133 cm³/mol. The van der Waals surface area contributed by atoms with Gasteiger partial charge in [-0.3, -0.25) is 9.36 Å². The average molecular weight is 515 g/mol. The molecular formula is C25H21F3N4OS2. The number of halogens is 3. The fourth-order valence-corrected chi connectivity index (χ4v) is 4.94. The Hall–Kier alpha value is -3.24. The Labute approximate surface area is 209 Å². The number of hydrogen-bond acceptors (Lipinski definition) is 5. The van der Waals surface area contributed by atoms with E-state index < -0.39 is 17.6 Å². The van der Waals surface area contributed by atoms with E-state index in [0.717, 1.165) is 34.0 Å². The van der Waals surface area contributed by atoms with Gasteiger partial charge in [-0.25, -0.2) is 0 Å². The molecule has 0 bridgehead atoms. The summed E-state index contributed by atoms with van der Waals surface area (Å²) < 4.78 is 41.6. The summed E-state index contributed by atoms with van der Waals surface area (Å²) in [5.41, 5.74) is 0.742. The van der Waals surface area contributed by atoms with Gasteiger partial charge in [0.2, 0.25) is 5.91 Å². The summed E-state index contributed by atoms with van der Waals surface area (Å²) in [6.45, 7) is 1.98. The number of para-hydroxylation sites is 1. The number of anilines is 1. The predicted octanol–water partition coefficient (Wildman–Crippen LogP) is 6.62. The van der Waals surface area contributed by atoms with Crippen LogP contribution in [0.4, 0.5) is 18.9 Å². The molecule has 0 aliphatic rings. The van der Waals surface area contributed by atoms with Crippen molar-refractivity contribution in [3.8, 4) is 5.69 Å². The molecule has 1 aromatic heterocycles. The Morgan fingerprint density at radius 3 is 2.43 bits per heavy atom. The number of nitrogens with zero attached hydrogens (tertiary/aromatic N) is 3. The van der Waals surface area contributed by atoms with Gasteiger partial charge in [0.25, 0.3) is 0 Å². The van der Waals surface area contributed by atoms with Gasteiger partial charge in [-0.15, -0.1) is 22.0 Å². The third-order valence-electron chi connectivity index (χ3n) is 4.91. The third kappa shape index (κ3) is 6.46. The van der Waals surface area contributed by atoms with Crippen molar-refractivity contribution in [2.24, 2.45) is 0 Å². The van der Waals surface area contributed by atoms with Crippen molar-refractivity contribution in [1.29, 1.82) is 0 Å². The van der Waals surface area contributed by atoms with Crippen molar-refractivity contribution in [3.63, 3.8) is 0 Å². The van der Waals surface area contributed by atoms with Crippen LogP contribution in [0.2, 0.25) is 0 Å². The van der Waals surface area contributed by atoms with Gasteiger partial charge >= 0.3 is 6.18 Å². The highest BCUT2D eigenvalue weighted by Crippen LogP contribution is 2.35. The number of alkyl halides is 3. The molecule has 0 unspecified atom stereocenters. The lowest BCUT2D eigenvalue weighted by molar-refractivity contribution is -0.137. The number of benzene rings is 3. The fourth-order valence-electron chi connectivity index (χ4n) is 3.33. The van der Waals surface area contributed by atoms with Crippen LogP contribution in [0.1, 0.15) is 17.0 Å². The first-order valence-electron chi connectivity index (χ1n) is 10.6. The summed E-state index contributed by atoms with van der Waals surface area (Å²) >= 11 is 2.73. The van der Waals surface area contributed by atoms with Crippen LogP contribution in [0.25, 0.3) is 5.69 Å². The second kappa shape index (κ2) is 11.0. The van der Waals surface area contributed by atoms with E-state index in [1.807, 2.05) is 66.1 Å². The maximum Gasteiger partial charge on any atom is 0.418 e. The maximum atomic E-state index is 13.2. The Morgan fingerprint density at radius 2 is 1.69 bits per heavy atom. The molecule has 0 aliphatic carbocycles. The van der Waals surface area contributed by atoms with Crippen molar-refractivity contribution >= 4 is 35.1 Å². The molecule has 10 heteroatoms. The van der Waals surface area contributed by atoms with Gasteiger partial charge in [-0.2, -0.15) is 13.2 Å². The molecule has 0 saturated heterocycles. The van der Waals surface area contributed by atoms with Crippen LogP contribution in [0.5, 0.6) is 0 Å². The van der Waals surface area contributed by atoms with E-state index >= 15 is 0 Å². The standard InChI is InChI=1S/C25H21F3N4OS2/c1-17-8-7-9-18(14-17)32-22(15-34-19-10-3-2-4-11-19)30-31-24(32)35-16-23(33)29-21-13-6-5-12-20(21)25(26,27)28/h2-14H,15-16H2,1H3,(H,29,33). The largest absolute Gasteiger partial charge is 0.418 e. The van der Waals surface area contributed by atoms with E-state index in [1.165, 1.54) is 18.2 Å². The second-order valence-electron chi connectivity index (χ2n) is 7.56. The minimum absolute atomic E-state index is 0.123. The highest BCUT2D eigenvalue weighted by atomic mass is 32.2. The number of carbonyl (C=O) groups excluding carboxylic acids is 1. The van der Waals surface area contributed by atoms with Gasteiger partial charge in [-0.05, 0) is 48.9 Å². The van der Waals surface area contributed by atoms with Gasteiger partial charge in [0.1, 0.15) is 5.82 Å². The average Bonchev–Trinajstić information content (AvgIpc) is 3.24. The van der Waals surface area contributed by atoms with Gasteiger partial charge in [0.05, 0.1) is 22.8 Å². The van der Waals surface area contributed by atoms with E-state index in [-0.39, 0.29) is 11.4 Å². The summed E-state index contributed by atoms with van der Waals surface area (Å²) in [5.74, 6) is 0.569. The number of aryl methyl sites for hydroxylation is 1. The molecule has 4 aromatic rings. The van der Waals surface area contributed by atoms with Gasteiger partial charge < -0.3 is 5.32 Å². The summed E-state index contributed by atoms with van der Waals surface area (Å²) in [5, 5.41) is 11.5. The molecule has 0 radical (unpaired) electrons. The van der Waals surface area contributed by atoms with Crippen molar-refractivity contribution in [3.05, 3.63) is 95.8 Å². The molecule has 0 spiro atoms. The van der Waals surface area contributed by atoms with Crippen molar-refractivity contribution in [2.75, 3.05) is 11.1 Å². The summed E-state index contributed by atoms with van der Waals surface area (Å²) in [6.07, 6.45) is -4.56. The molecule has 1 heterocycles. The number of carbonyl (C=O) groups is 1. The smallest absolute Gasteiger partial charge is 0.325 e. The molecule has 0 aliphatic heterocycles. The van der Waals surface area contributed by atoms with Crippen LogP contribution < -0.4 is 5.32 Å². The van der Waals surface area contributed by atoms with E-state index in [4.69, 9.17) is 0 Å². The number of hydrogen-bond donors (Lipinski definition) is 1. The Bertz CT molecular complexity index is 1310. The molecule has 5 nitrogen and oxygen atoms in total. The van der Waals surface area contributed by atoms with Crippen LogP contribution in [0.15, 0.2) is 88.9 Å². The molecule has 0 fully saturated rings. The van der Waals surface area contributed by atoms with E-state index in [0.29, 0.717) is 16.7 Å². The van der Waals surface area contributed by atoms with Crippen molar-refractivity contribution in [2.45, 2.75) is 28.9 Å². The van der Waals surface area contributed by atoms with Gasteiger partial charge in [-0.1, -0.05) is 54.2 Å². The lowest BCUT2D eigenvalue weighted by atomic mass is 10.1. The lowest BCUT2D eigenvalue weighted by Crippen LogP contribution is -2.18. The van der Waals surface area contributed by atoms with Gasteiger partial charge in [0.15, 0.2) is 5.16 Å². The number of thioether (sulfide) groups is 2. The molecule has 1 N–H and O–H groups in total. The number of nitrogens with one attached hydrogen (secondary N) is 1. The first kappa shape index (κ1) is 24.9. The monoisotopic (exact) mass is 514 g/mol. The van der Waals surface area contributed by atoms with E-state index in [9.17, 15) is 18.0 Å². The van der Waals surface area contributed by atoms with Gasteiger partial charge in [0, 0.05) is 10.6 Å². The molecule has 180 valence electrons. The first-order valence-corrected chi connectivity index (χ1v) is 12.6. The SMILES string of the molecule is Cc1cccc(-n2c(CSc3ccccc3)nnc2SCC(=O)Nc2ccccc2C(F)(F)F)c1. The normalized spacial score (nSPS) is 11.4. The Balaban J connectivity index is 1.52. The molecular weight excluding hydrogens is 493 g/mol. The van der Waals surface area contributed by atoms with Crippen LogP contribution in [-0.4, -0.2) is 26.4 Å². The minimum Gasteiger partial charge on any atom is -0.325 e. The molecule has 0 atom stereocenters. The molecule has 35 heavy (non-hydrogen) atoms. The first-order chi connectivity index (χ1) is 16.8. The number of rotatable bonds is 8. The van der Waals surface area contributed by atoms with Crippen LogP contribution in [-0.2, 0) is 16.7 Å². The second-order valence-corrected chi connectivity index (χ2v) is 9.55. The van der Waals surface area contributed by atoms with Crippen LogP contribution in [0, 0.1) is 6.92 Å². The van der Waals surface area contributed by atoms with Crippen molar-refractivity contribution < 1.29 is 18.0 Å². The topological polar surface area (TPSA) is 59.8 Å². The van der Waals surface area contributed by atoms with Crippen LogP contribution >= 0.6 is 23.5 Å². The van der Waals surface area contributed by atoms with E-state index in [2.05, 4.69) is 15.5 Å². The van der Waals surface area contributed by atoms with Crippen LogP contribution in [0.3, 0.4) is 0 Å². The minimum atomic E-state index is -4.56. The molecule has 0 saturated carbocycles. The van der Waals surface area contributed by atoms with Crippen molar-refractivity contribution in [1.82, 2.24) is 14.8 Å². The third-order valence-corrected chi connectivity index (χ3v) is 6.85. The number of amides is 1. The zero-order valence-electron chi connectivity index (χ0n) is 18.6. The van der Waals surface area contributed by atoms with E-state index in [1.54, 1.807) is 11.8 Å². The molecule has 1 amide bonds. The summed E-state index contributed by atoms with van der Waals surface area (Å²) in [4.78, 5) is 13.6. The Kier molecular flexibility index (Phi) is 7.82. The Morgan fingerprint density at radius 1 is 0.943 bits per heavy atom.